The average molecular weight is 373 g/mol. The van der Waals surface area contributed by atoms with Crippen LogP contribution in [0, 0.1) is 12.8 Å². The summed E-state index contributed by atoms with van der Waals surface area (Å²) >= 11 is 0. The first kappa shape index (κ1) is 20.9. The van der Waals surface area contributed by atoms with Crippen LogP contribution in [-0.2, 0) is 14.4 Å². The molecule has 0 bridgehead atoms. The zero-order chi connectivity index (χ0) is 20.0. The molecule has 1 atom stereocenters. The number of nitrogens with zero attached hydrogens (tertiary/aromatic N) is 2. The van der Waals surface area contributed by atoms with Crippen LogP contribution >= 0.6 is 0 Å². The highest BCUT2D eigenvalue weighted by Gasteiger charge is 2.25. The van der Waals surface area contributed by atoms with Crippen molar-refractivity contribution in [2.75, 3.05) is 32.7 Å². The predicted octanol–water partition coefficient (Wildman–Crippen LogP) is 1.93. The molecule has 6 nitrogen and oxygen atoms in total. The lowest BCUT2D eigenvalue weighted by Crippen LogP contribution is -2.50. The molecule has 2 rings (SSSR count). The molecule has 0 saturated carbocycles. The molecule has 1 fully saturated rings. The lowest BCUT2D eigenvalue weighted by Gasteiger charge is -2.34. The van der Waals surface area contributed by atoms with Gasteiger partial charge in [-0.05, 0) is 18.4 Å². The number of benzene rings is 1. The third-order valence-electron chi connectivity index (χ3n) is 5.10. The van der Waals surface area contributed by atoms with Gasteiger partial charge in [0.1, 0.15) is 0 Å². The van der Waals surface area contributed by atoms with E-state index in [1.165, 1.54) is 0 Å². The van der Waals surface area contributed by atoms with Crippen molar-refractivity contribution in [1.82, 2.24) is 15.1 Å². The van der Waals surface area contributed by atoms with Gasteiger partial charge >= 0.3 is 0 Å². The Hall–Kier alpha value is -2.37. The molecule has 1 unspecified atom stereocenters. The van der Waals surface area contributed by atoms with Crippen molar-refractivity contribution in [3.8, 4) is 0 Å². The number of piperazine rings is 1. The van der Waals surface area contributed by atoms with Gasteiger partial charge in [-0.2, -0.15) is 0 Å². The average Bonchev–Trinajstić information content (AvgIpc) is 2.63. The molecular weight excluding hydrogens is 342 g/mol. The summed E-state index contributed by atoms with van der Waals surface area (Å²) in [6.45, 7) is 10.2. The fraction of sp³-hybridized carbons (Fsp3) is 0.571. The van der Waals surface area contributed by atoms with Gasteiger partial charge in [0.2, 0.25) is 17.7 Å². The number of nitrogens with one attached hydrogen (secondary N) is 1. The van der Waals surface area contributed by atoms with Crippen LogP contribution in [0.3, 0.4) is 0 Å². The van der Waals surface area contributed by atoms with Gasteiger partial charge in [-0.1, -0.05) is 43.7 Å². The molecule has 148 valence electrons. The maximum Gasteiger partial charge on any atom is 0.227 e. The third-order valence-corrected chi connectivity index (χ3v) is 5.10. The lowest BCUT2D eigenvalue weighted by molar-refractivity contribution is -0.138. The van der Waals surface area contributed by atoms with E-state index in [1.807, 2.05) is 45.0 Å². The van der Waals surface area contributed by atoms with Crippen LogP contribution in [0.4, 0.5) is 0 Å². The fourth-order valence-electron chi connectivity index (χ4n) is 3.44. The standard InChI is InChI=1S/C21H31N3O3/c1-15(2)20(18-7-5-16(3)6-8-18)21(27)22-10-9-19(26)24-13-11-23(12-14-24)17(4)25/h5-8,15,20H,9-14H2,1-4H3,(H,22,27). The van der Waals surface area contributed by atoms with Crippen LogP contribution in [0.15, 0.2) is 24.3 Å². The first-order valence-electron chi connectivity index (χ1n) is 9.67. The molecule has 0 spiro atoms. The van der Waals surface area contributed by atoms with Crippen molar-refractivity contribution < 1.29 is 14.4 Å². The van der Waals surface area contributed by atoms with Crippen molar-refractivity contribution in [2.45, 2.75) is 40.0 Å². The van der Waals surface area contributed by atoms with E-state index in [2.05, 4.69) is 5.32 Å². The molecule has 3 amide bonds. The van der Waals surface area contributed by atoms with E-state index in [0.717, 1.165) is 11.1 Å². The Balaban J connectivity index is 1.82. The molecule has 6 heteroatoms. The van der Waals surface area contributed by atoms with E-state index < -0.39 is 0 Å². The summed E-state index contributed by atoms with van der Waals surface area (Å²) in [5, 5.41) is 2.92. The number of aryl methyl sites for hydroxylation is 1. The molecule has 1 aliphatic heterocycles. The van der Waals surface area contributed by atoms with Crippen LogP contribution in [-0.4, -0.2) is 60.2 Å². The smallest absolute Gasteiger partial charge is 0.227 e. The minimum Gasteiger partial charge on any atom is -0.355 e. The summed E-state index contributed by atoms with van der Waals surface area (Å²) in [6.07, 6.45) is 0.282. The topological polar surface area (TPSA) is 69.7 Å². The normalized spacial score (nSPS) is 15.6. The van der Waals surface area contributed by atoms with E-state index >= 15 is 0 Å². The zero-order valence-electron chi connectivity index (χ0n) is 16.8. The minimum atomic E-state index is -0.222. The van der Waals surface area contributed by atoms with E-state index in [9.17, 15) is 14.4 Å². The first-order valence-corrected chi connectivity index (χ1v) is 9.67. The van der Waals surface area contributed by atoms with Gasteiger partial charge in [-0.25, -0.2) is 0 Å². The van der Waals surface area contributed by atoms with E-state index in [-0.39, 0.29) is 36.0 Å². The Morgan fingerprint density at radius 3 is 2.07 bits per heavy atom. The zero-order valence-corrected chi connectivity index (χ0v) is 16.8. The number of hydrogen-bond acceptors (Lipinski definition) is 3. The van der Waals surface area contributed by atoms with Gasteiger partial charge in [0, 0.05) is 46.1 Å². The molecule has 0 radical (unpaired) electrons. The fourth-order valence-corrected chi connectivity index (χ4v) is 3.44. The molecular formula is C21H31N3O3. The van der Waals surface area contributed by atoms with E-state index in [1.54, 1.807) is 16.7 Å². The number of hydrogen-bond donors (Lipinski definition) is 1. The second-order valence-electron chi connectivity index (χ2n) is 7.56. The Bertz CT molecular complexity index is 662. The number of rotatable bonds is 6. The van der Waals surface area contributed by atoms with Crippen LogP contribution in [0.5, 0.6) is 0 Å². The summed E-state index contributed by atoms with van der Waals surface area (Å²) in [5.41, 5.74) is 2.16. The molecule has 1 aliphatic rings. The Morgan fingerprint density at radius 2 is 1.56 bits per heavy atom. The summed E-state index contributed by atoms with van der Waals surface area (Å²) < 4.78 is 0. The van der Waals surface area contributed by atoms with Crippen molar-refractivity contribution in [3.05, 3.63) is 35.4 Å². The number of amides is 3. The maximum absolute atomic E-state index is 12.7. The van der Waals surface area contributed by atoms with Crippen molar-refractivity contribution in [2.24, 2.45) is 5.92 Å². The minimum absolute atomic E-state index is 0.0231. The number of carbonyl (C=O) groups is 3. The molecule has 1 saturated heterocycles. The second-order valence-corrected chi connectivity index (χ2v) is 7.56. The maximum atomic E-state index is 12.7. The summed E-state index contributed by atoms with van der Waals surface area (Å²) in [4.78, 5) is 39.9. The van der Waals surface area contributed by atoms with Crippen LogP contribution < -0.4 is 5.32 Å². The molecule has 1 aromatic rings. The summed E-state index contributed by atoms with van der Waals surface area (Å²) in [7, 11) is 0. The van der Waals surface area contributed by atoms with Crippen LogP contribution in [0.2, 0.25) is 0 Å². The first-order chi connectivity index (χ1) is 12.8. The van der Waals surface area contributed by atoms with Gasteiger partial charge in [0.25, 0.3) is 0 Å². The third kappa shape index (κ3) is 5.81. The van der Waals surface area contributed by atoms with Crippen molar-refractivity contribution in [3.63, 3.8) is 0 Å². The van der Waals surface area contributed by atoms with Gasteiger partial charge < -0.3 is 15.1 Å². The molecule has 1 aromatic carbocycles. The molecule has 1 heterocycles. The van der Waals surface area contributed by atoms with Gasteiger partial charge in [0.15, 0.2) is 0 Å². The van der Waals surface area contributed by atoms with E-state index in [0.29, 0.717) is 32.7 Å². The van der Waals surface area contributed by atoms with Gasteiger partial charge in [-0.3, -0.25) is 14.4 Å². The Kier molecular flexibility index (Phi) is 7.39. The lowest BCUT2D eigenvalue weighted by atomic mass is 9.87. The quantitative estimate of drug-likeness (QED) is 0.828. The van der Waals surface area contributed by atoms with Crippen LogP contribution in [0.25, 0.3) is 0 Å². The Morgan fingerprint density at radius 1 is 1.00 bits per heavy atom. The van der Waals surface area contributed by atoms with Gasteiger partial charge in [-0.15, -0.1) is 0 Å². The molecule has 1 N–H and O–H groups in total. The highest BCUT2D eigenvalue weighted by Crippen LogP contribution is 2.25. The van der Waals surface area contributed by atoms with Crippen LogP contribution in [0.1, 0.15) is 44.2 Å². The predicted molar refractivity (Wildman–Crippen MR) is 105 cm³/mol. The monoisotopic (exact) mass is 373 g/mol. The Labute approximate surface area is 161 Å². The highest BCUT2D eigenvalue weighted by molar-refractivity contribution is 5.84. The van der Waals surface area contributed by atoms with E-state index in [4.69, 9.17) is 0 Å². The molecule has 0 aliphatic carbocycles. The van der Waals surface area contributed by atoms with Gasteiger partial charge in [0.05, 0.1) is 5.92 Å². The summed E-state index contributed by atoms with van der Waals surface area (Å²) in [5.74, 6) is -0.0222. The second kappa shape index (κ2) is 9.53. The molecule has 0 aromatic heterocycles. The summed E-state index contributed by atoms with van der Waals surface area (Å²) in [6, 6.07) is 8.03. The highest BCUT2D eigenvalue weighted by atomic mass is 16.2. The van der Waals surface area contributed by atoms with Crippen molar-refractivity contribution in [1.29, 1.82) is 0 Å². The largest absolute Gasteiger partial charge is 0.355 e. The molecule has 27 heavy (non-hydrogen) atoms. The van der Waals surface area contributed by atoms with Crippen molar-refractivity contribution >= 4 is 17.7 Å². The SMILES string of the molecule is CC(=O)N1CCN(C(=O)CCNC(=O)C(c2ccc(C)cc2)C(C)C)CC1. The number of carbonyl (C=O) groups excluding carboxylic acids is 3.